The third kappa shape index (κ3) is 1.46. The predicted molar refractivity (Wildman–Crippen MR) is 68.6 cm³/mol. The second kappa shape index (κ2) is 3.59. The van der Waals surface area contributed by atoms with Crippen molar-refractivity contribution < 1.29 is 9.90 Å². The summed E-state index contributed by atoms with van der Waals surface area (Å²) in [5, 5.41) is 18.6. The van der Waals surface area contributed by atoms with Crippen molar-refractivity contribution in [3.05, 3.63) is 40.1 Å². The van der Waals surface area contributed by atoms with Crippen LogP contribution in [0.2, 0.25) is 0 Å². The molecule has 0 aromatic carbocycles. The van der Waals surface area contributed by atoms with E-state index in [2.05, 4.69) is 22.0 Å². The molecule has 0 aliphatic heterocycles. The fraction of sp³-hybridized carbons (Fsp3) is 0.231. The van der Waals surface area contributed by atoms with Crippen molar-refractivity contribution in [3.63, 3.8) is 0 Å². The monoisotopic (exact) mass is 304 g/mol. The van der Waals surface area contributed by atoms with E-state index in [-0.39, 0.29) is 5.56 Å². The average molecular weight is 305 g/mol. The molecule has 0 radical (unpaired) electrons. The van der Waals surface area contributed by atoms with Gasteiger partial charge in [0, 0.05) is 22.4 Å². The topological polar surface area (TPSA) is 65.5 Å². The lowest BCUT2D eigenvalue weighted by Gasteiger charge is -2.06. The Labute approximate surface area is 112 Å². The number of carboxylic acid groups (broad SMARTS) is 1. The van der Waals surface area contributed by atoms with Crippen molar-refractivity contribution in [1.82, 2.24) is 4.40 Å². The first-order chi connectivity index (χ1) is 8.57. The van der Waals surface area contributed by atoms with Gasteiger partial charge in [0.05, 0.1) is 22.6 Å². The maximum Gasteiger partial charge on any atom is 0.337 e. The minimum atomic E-state index is -0.980. The molecule has 2 heterocycles. The third-order valence-electron chi connectivity index (χ3n) is 3.41. The van der Waals surface area contributed by atoms with Gasteiger partial charge < -0.3 is 9.51 Å². The highest BCUT2D eigenvalue weighted by Gasteiger charge is 2.48. The zero-order chi connectivity index (χ0) is 12.9. The highest BCUT2D eigenvalue weighted by molar-refractivity contribution is 9.10. The zero-order valence-electron chi connectivity index (χ0n) is 9.35. The second-order valence-corrected chi connectivity index (χ2v) is 5.47. The first kappa shape index (κ1) is 11.3. The number of hydrogen-bond acceptors (Lipinski definition) is 2. The smallest absolute Gasteiger partial charge is 0.337 e. The number of hydrogen-bond donors (Lipinski definition) is 1. The number of rotatable bonds is 2. The molecular formula is C13H9BrN2O2. The molecule has 1 N–H and O–H groups in total. The Balaban J connectivity index is 2.37. The van der Waals surface area contributed by atoms with Gasteiger partial charge in [0.2, 0.25) is 0 Å². The zero-order valence-corrected chi connectivity index (χ0v) is 10.9. The first-order valence-corrected chi connectivity index (χ1v) is 6.32. The molecule has 0 unspecified atom stereocenters. The van der Waals surface area contributed by atoms with Crippen molar-refractivity contribution in [2.45, 2.75) is 18.3 Å². The van der Waals surface area contributed by atoms with Gasteiger partial charge in [-0.15, -0.1) is 0 Å². The maximum atomic E-state index is 11.3. The van der Waals surface area contributed by atoms with E-state index in [1.807, 2.05) is 12.1 Å². The summed E-state index contributed by atoms with van der Waals surface area (Å²) in [6.07, 6.45) is 4.85. The number of halogens is 1. The van der Waals surface area contributed by atoms with Gasteiger partial charge in [0.1, 0.15) is 0 Å². The molecule has 1 aliphatic rings. The first-order valence-electron chi connectivity index (χ1n) is 5.53. The Bertz CT molecular complexity index is 708. The lowest BCUT2D eigenvalue weighted by molar-refractivity contribution is 0.0695. The molecule has 18 heavy (non-hydrogen) atoms. The van der Waals surface area contributed by atoms with Gasteiger partial charge in [0.25, 0.3) is 0 Å². The van der Waals surface area contributed by atoms with Crippen LogP contribution in [-0.2, 0) is 5.41 Å². The Morgan fingerprint density at radius 3 is 2.72 bits per heavy atom. The van der Waals surface area contributed by atoms with Crippen LogP contribution in [0.15, 0.2) is 29.0 Å². The van der Waals surface area contributed by atoms with Crippen molar-refractivity contribution in [2.24, 2.45) is 0 Å². The van der Waals surface area contributed by atoms with Crippen LogP contribution in [0, 0.1) is 11.3 Å². The van der Waals surface area contributed by atoms with Crippen LogP contribution in [0.1, 0.15) is 28.8 Å². The quantitative estimate of drug-likeness (QED) is 0.927. The van der Waals surface area contributed by atoms with Gasteiger partial charge in [-0.05, 0) is 40.9 Å². The van der Waals surface area contributed by atoms with E-state index >= 15 is 0 Å². The van der Waals surface area contributed by atoms with Gasteiger partial charge in [0.15, 0.2) is 0 Å². The Morgan fingerprint density at radius 1 is 1.44 bits per heavy atom. The minimum absolute atomic E-state index is 0.229. The maximum absolute atomic E-state index is 11.3. The van der Waals surface area contributed by atoms with Crippen LogP contribution in [0.3, 0.4) is 0 Å². The molecule has 2 aromatic rings. The van der Waals surface area contributed by atoms with Crippen molar-refractivity contribution in [1.29, 1.82) is 5.26 Å². The summed E-state index contributed by atoms with van der Waals surface area (Å²) < 4.78 is 2.63. The van der Waals surface area contributed by atoms with Gasteiger partial charge in [-0.3, -0.25) is 0 Å². The predicted octanol–water partition coefficient (Wildman–Crippen LogP) is 2.96. The summed E-state index contributed by atoms with van der Waals surface area (Å²) in [4.78, 5) is 11.3. The molecule has 5 heteroatoms. The standard InChI is InChI=1S/C13H9BrN2O2/c14-8-1-2-10-11(13(7-15)3-4-13)9(12(17)18)6-16(10)5-8/h1-2,5-6H,3-4H2,(H,17,18). The van der Waals surface area contributed by atoms with E-state index in [0.717, 1.165) is 22.8 Å². The number of aromatic nitrogens is 1. The van der Waals surface area contributed by atoms with Crippen LogP contribution in [0.5, 0.6) is 0 Å². The Hall–Kier alpha value is -1.80. The van der Waals surface area contributed by atoms with Crippen LogP contribution >= 0.6 is 15.9 Å². The normalized spacial score (nSPS) is 16.4. The van der Waals surface area contributed by atoms with Crippen molar-refractivity contribution in [3.8, 4) is 6.07 Å². The van der Waals surface area contributed by atoms with E-state index in [1.165, 1.54) is 0 Å². The molecule has 2 aromatic heterocycles. The number of fused-ring (bicyclic) bond motifs is 1. The summed E-state index contributed by atoms with van der Waals surface area (Å²) in [6.45, 7) is 0. The number of carboxylic acids is 1. The number of carbonyl (C=O) groups is 1. The molecule has 3 rings (SSSR count). The van der Waals surface area contributed by atoms with Gasteiger partial charge in [-0.1, -0.05) is 0 Å². The van der Waals surface area contributed by atoms with Gasteiger partial charge in [-0.25, -0.2) is 4.79 Å². The number of aromatic carboxylic acids is 1. The van der Waals surface area contributed by atoms with Crippen molar-refractivity contribution in [2.75, 3.05) is 0 Å². The van der Waals surface area contributed by atoms with Crippen LogP contribution < -0.4 is 0 Å². The Kier molecular flexibility index (Phi) is 2.26. The third-order valence-corrected chi connectivity index (χ3v) is 3.88. The number of nitriles is 1. The number of pyridine rings is 1. The van der Waals surface area contributed by atoms with Crippen LogP contribution in [0.4, 0.5) is 0 Å². The van der Waals surface area contributed by atoms with E-state index in [0.29, 0.717) is 5.56 Å². The molecule has 0 atom stereocenters. The molecule has 4 nitrogen and oxygen atoms in total. The largest absolute Gasteiger partial charge is 0.478 e. The lowest BCUT2D eigenvalue weighted by atomic mass is 9.94. The summed E-state index contributed by atoms with van der Waals surface area (Å²) in [6, 6.07) is 5.98. The van der Waals surface area contributed by atoms with Crippen molar-refractivity contribution >= 4 is 27.4 Å². The summed E-state index contributed by atoms with van der Waals surface area (Å²) >= 11 is 3.35. The van der Waals surface area contributed by atoms with E-state index in [4.69, 9.17) is 0 Å². The molecule has 0 bridgehead atoms. The Morgan fingerprint density at radius 2 is 2.17 bits per heavy atom. The highest BCUT2D eigenvalue weighted by Crippen LogP contribution is 2.50. The van der Waals surface area contributed by atoms with E-state index in [9.17, 15) is 15.2 Å². The molecule has 0 saturated heterocycles. The molecule has 0 spiro atoms. The highest BCUT2D eigenvalue weighted by atomic mass is 79.9. The summed E-state index contributed by atoms with van der Waals surface area (Å²) in [7, 11) is 0. The van der Waals surface area contributed by atoms with E-state index < -0.39 is 11.4 Å². The molecule has 1 aliphatic carbocycles. The second-order valence-electron chi connectivity index (χ2n) is 4.56. The fourth-order valence-corrected chi connectivity index (χ4v) is 2.71. The fourth-order valence-electron chi connectivity index (χ4n) is 2.36. The molecular weight excluding hydrogens is 296 g/mol. The molecule has 1 fully saturated rings. The van der Waals surface area contributed by atoms with Gasteiger partial charge >= 0.3 is 5.97 Å². The van der Waals surface area contributed by atoms with Crippen LogP contribution in [-0.4, -0.2) is 15.5 Å². The minimum Gasteiger partial charge on any atom is -0.478 e. The van der Waals surface area contributed by atoms with E-state index in [1.54, 1.807) is 16.8 Å². The van der Waals surface area contributed by atoms with Gasteiger partial charge in [-0.2, -0.15) is 5.26 Å². The molecule has 1 saturated carbocycles. The summed E-state index contributed by atoms with van der Waals surface area (Å²) in [5.74, 6) is -0.980. The average Bonchev–Trinajstić information content (AvgIpc) is 3.03. The SMILES string of the molecule is N#CC1(c2c(C(=O)O)cn3cc(Br)ccc23)CC1. The van der Waals surface area contributed by atoms with Crippen LogP contribution in [0.25, 0.3) is 5.52 Å². The molecule has 0 amide bonds. The number of nitrogens with zero attached hydrogens (tertiary/aromatic N) is 2. The molecule has 90 valence electrons. The lowest BCUT2D eigenvalue weighted by Crippen LogP contribution is -2.08. The summed E-state index contributed by atoms with van der Waals surface area (Å²) in [5.41, 5.74) is 1.09.